The first kappa shape index (κ1) is 14.1. The molecule has 0 bridgehead atoms. The number of benzene rings is 1. The predicted octanol–water partition coefficient (Wildman–Crippen LogP) is 3.29. The largest absolute Gasteiger partial charge is 0.309 e. The number of pyridine rings is 1. The molecule has 3 aromatic rings. The number of hydrogen-bond donors (Lipinski definition) is 1. The molecule has 4 nitrogen and oxygen atoms in total. The van der Waals surface area contributed by atoms with Gasteiger partial charge in [-0.15, -0.1) is 5.10 Å². The SMILES string of the molecule is CCNC(Cc1ccc2ccccc2n1)c1snnc1C. The molecule has 1 atom stereocenters. The third-order valence-electron chi connectivity index (χ3n) is 3.52. The molecule has 0 saturated heterocycles. The quantitative estimate of drug-likeness (QED) is 0.785. The van der Waals surface area contributed by atoms with E-state index in [-0.39, 0.29) is 6.04 Å². The lowest BCUT2D eigenvalue weighted by atomic mass is 10.1. The van der Waals surface area contributed by atoms with Crippen LogP contribution in [0.25, 0.3) is 10.9 Å². The van der Waals surface area contributed by atoms with Crippen LogP contribution in [0.1, 0.15) is 29.2 Å². The van der Waals surface area contributed by atoms with Gasteiger partial charge in [-0.3, -0.25) is 4.98 Å². The van der Waals surface area contributed by atoms with Crippen molar-refractivity contribution in [2.45, 2.75) is 26.3 Å². The van der Waals surface area contributed by atoms with E-state index in [4.69, 9.17) is 4.98 Å². The summed E-state index contributed by atoms with van der Waals surface area (Å²) in [4.78, 5) is 5.96. The average molecular weight is 298 g/mol. The fraction of sp³-hybridized carbons (Fsp3) is 0.312. The summed E-state index contributed by atoms with van der Waals surface area (Å²) in [5.41, 5.74) is 3.14. The highest BCUT2D eigenvalue weighted by molar-refractivity contribution is 7.05. The molecule has 0 fully saturated rings. The Labute approximate surface area is 128 Å². The third-order valence-corrected chi connectivity index (χ3v) is 4.46. The van der Waals surface area contributed by atoms with Gasteiger partial charge in [-0.2, -0.15) is 0 Å². The first-order valence-electron chi connectivity index (χ1n) is 7.15. The standard InChI is InChI=1S/C16H18N4S/c1-3-17-15(16-11(2)19-20-21-16)10-13-9-8-12-6-4-5-7-14(12)18-13/h4-9,15,17H,3,10H2,1-2H3. The molecule has 1 N–H and O–H groups in total. The van der Waals surface area contributed by atoms with E-state index in [1.165, 1.54) is 21.8 Å². The summed E-state index contributed by atoms with van der Waals surface area (Å²) in [6.45, 7) is 5.04. The molecule has 108 valence electrons. The Balaban J connectivity index is 1.89. The minimum Gasteiger partial charge on any atom is -0.309 e. The zero-order chi connectivity index (χ0) is 14.7. The van der Waals surface area contributed by atoms with Crippen molar-refractivity contribution in [3.8, 4) is 0 Å². The number of para-hydroxylation sites is 1. The lowest BCUT2D eigenvalue weighted by Gasteiger charge is -2.16. The van der Waals surface area contributed by atoms with Crippen molar-refractivity contribution in [1.29, 1.82) is 0 Å². The van der Waals surface area contributed by atoms with Crippen molar-refractivity contribution >= 4 is 22.4 Å². The van der Waals surface area contributed by atoms with Crippen molar-refractivity contribution in [1.82, 2.24) is 19.9 Å². The second-order valence-electron chi connectivity index (χ2n) is 5.03. The molecule has 0 spiro atoms. The number of fused-ring (bicyclic) bond motifs is 1. The lowest BCUT2D eigenvalue weighted by molar-refractivity contribution is 0.549. The summed E-state index contributed by atoms with van der Waals surface area (Å²) in [7, 11) is 0. The molecule has 3 rings (SSSR count). The maximum Gasteiger partial charge on any atom is 0.0772 e. The first-order chi connectivity index (χ1) is 10.3. The van der Waals surface area contributed by atoms with Crippen molar-refractivity contribution in [3.63, 3.8) is 0 Å². The van der Waals surface area contributed by atoms with Crippen LogP contribution in [0.5, 0.6) is 0 Å². The highest BCUT2D eigenvalue weighted by Gasteiger charge is 2.17. The Kier molecular flexibility index (Phi) is 4.22. The van der Waals surface area contributed by atoms with E-state index in [9.17, 15) is 0 Å². The van der Waals surface area contributed by atoms with Gasteiger partial charge < -0.3 is 5.32 Å². The van der Waals surface area contributed by atoms with Gasteiger partial charge in [0.05, 0.1) is 22.1 Å². The van der Waals surface area contributed by atoms with Crippen LogP contribution in [-0.2, 0) is 6.42 Å². The van der Waals surface area contributed by atoms with Gasteiger partial charge in [0, 0.05) is 17.5 Å². The smallest absolute Gasteiger partial charge is 0.0772 e. The van der Waals surface area contributed by atoms with Gasteiger partial charge in [-0.05, 0) is 37.1 Å². The molecule has 0 saturated carbocycles. The van der Waals surface area contributed by atoms with Crippen LogP contribution in [0, 0.1) is 6.92 Å². The predicted molar refractivity (Wildman–Crippen MR) is 86.5 cm³/mol. The van der Waals surface area contributed by atoms with Gasteiger partial charge >= 0.3 is 0 Å². The summed E-state index contributed by atoms with van der Waals surface area (Å²) < 4.78 is 4.05. The molecule has 1 aromatic carbocycles. The van der Waals surface area contributed by atoms with Crippen LogP contribution in [0.2, 0.25) is 0 Å². The molecular formula is C16H18N4S. The van der Waals surface area contributed by atoms with E-state index in [0.29, 0.717) is 0 Å². The van der Waals surface area contributed by atoms with E-state index >= 15 is 0 Å². The molecule has 5 heteroatoms. The van der Waals surface area contributed by atoms with Gasteiger partial charge in [0.15, 0.2) is 0 Å². The van der Waals surface area contributed by atoms with Crippen molar-refractivity contribution < 1.29 is 0 Å². The van der Waals surface area contributed by atoms with E-state index in [2.05, 4.69) is 46.1 Å². The van der Waals surface area contributed by atoms with Crippen LogP contribution < -0.4 is 5.32 Å². The number of likely N-dealkylation sites (N-methyl/N-ethyl adjacent to an activating group) is 1. The van der Waals surface area contributed by atoms with Gasteiger partial charge in [-0.25, -0.2) is 0 Å². The van der Waals surface area contributed by atoms with Gasteiger partial charge in [0.1, 0.15) is 0 Å². The normalized spacial score (nSPS) is 12.7. The molecule has 2 heterocycles. The fourth-order valence-corrected chi connectivity index (χ4v) is 3.21. The van der Waals surface area contributed by atoms with E-state index in [1.807, 2.05) is 19.1 Å². The molecule has 21 heavy (non-hydrogen) atoms. The van der Waals surface area contributed by atoms with Crippen LogP contribution in [0.15, 0.2) is 36.4 Å². The average Bonchev–Trinajstić information content (AvgIpc) is 2.93. The zero-order valence-corrected chi connectivity index (χ0v) is 13.0. The monoisotopic (exact) mass is 298 g/mol. The maximum absolute atomic E-state index is 4.76. The summed E-state index contributed by atoms with van der Waals surface area (Å²) >= 11 is 1.47. The van der Waals surface area contributed by atoms with Gasteiger partial charge in [0.2, 0.25) is 0 Å². The highest BCUT2D eigenvalue weighted by atomic mass is 32.1. The number of nitrogens with one attached hydrogen (secondary N) is 1. The summed E-state index contributed by atoms with van der Waals surface area (Å²) in [6, 6.07) is 12.7. The maximum atomic E-state index is 4.76. The van der Waals surface area contributed by atoms with Crippen LogP contribution in [0.4, 0.5) is 0 Å². The molecular weight excluding hydrogens is 280 g/mol. The van der Waals surface area contributed by atoms with Crippen molar-refractivity contribution in [2.24, 2.45) is 0 Å². The van der Waals surface area contributed by atoms with Gasteiger partial charge in [0.25, 0.3) is 0 Å². The summed E-state index contributed by atoms with van der Waals surface area (Å²) in [5.74, 6) is 0. The number of hydrogen-bond acceptors (Lipinski definition) is 5. The first-order valence-corrected chi connectivity index (χ1v) is 7.92. The Morgan fingerprint density at radius 3 is 2.81 bits per heavy atom. The number of rotatable bonds is 5. The van der Waals surface area contributed by atoms with Crippen LogP contribution in [-0.4, -0.2) is 21.1 Å². The van der Waals surface area contributed by atoms with E-state index < -0.39 is 0 Å². The number of aryl methyl sites for hydroxylation is 1. The van der Waals surface area contributed by atoms with Crippen molar-refractivity contribution in [2.75, 3.05) is 6.54 Å². The van der Waals surface area contributed by atoms with E-state index in [1.54, 1.807) is 0 Å². The fourth-order valence-electron chi connectivity index (χ4n) is 2.49. The van der Waals surface area contributed by atoms with E-state index in [0.717, 1.165) is 29.9 Å². The Hall–Kier alpha value is -1.85. The lowest BCUT2D eigenvalue weighted by Crippen LogP contribution is -2.23. The molecule has 0 aliphatic heterocycles. The Bertz CT molecular complexity index is 738. The topological polar surface area (TPSA) is 50.7 Å². The van der Waals surface area contributed by atoms with Crippen LogP contribution >= 0.6 is 11.5 Å². The molecule has 0 aliphatic rings. The molecule has 0 amide bonds. The number of nitrogens with zero attached hydrogens (tertiary/aromatic N) is 3. The third kappa shape index (κ3) is 3.09. The second kappa shape index (κ2) is 6.28. The molecule has 0 aliphatic carbocycles. The zero-order valence-electron chi connectivity index (χ0n) is 12.2. The van der Waals surface area contributed by atoms with Gasteiger partial charge in [-0.1, -0.05) is 35.7 Å². The second-order valence-corrected chi connectivity index (χ2v) is 5.82. The minimum absolute atomic E-state index is 0.226. The molecule has 2 aromatic heterocycles. The number of aromatic nitrogens is 3. The Morgan fingerprint density at radius 2 is 2.05 bits per heavy atom. The summed E-state index contributed by atoms with van der Waals surface area (Å²) in [5, 5.41) is 8.81. The van der Waals surface area contributed by atoms with Crippen molar-refractivity contribution in [3.05, 3.63) is 52.7 Å². The highest BCUT2D eigenvalue weighted by Crippen LogP contribution is 2.24. The summed E-state index contributed by atoms with van der Waals surface area (Å²) in [6.07, 6.45) is 0.851. The molecule has 0 radical (unpaired) electrons. The minimum atomic E-state index is 0.226. The Morgan fingerprint density at radius 1 is 1.19 bits per heavy atom. The molecule has 1 unspecified atom stereocenters. The van der Waals surface area contributed by atoms with Crippen LogP contribution in [0.3, 0.4) is 0 Å².